The first kappa shape index (κ1) is 32.9. The van der Waals surface area contributed by atoms with E-state index >= 15 is 0 Å². The molecule has 0 fully saturated rings. The van der Waals surface area contributed by atoms with Crippen molar-refractivity contribution < 1.29 is 22.1 Å². The van der Waals surface area contributed by atoms with E-state index in [1.807, 2.05) is 0 Å². The molecule has 0 bridgehead atoms. The first-order valence-corrected chi connectivity index (χ1v) is 15.7. The van der Waals surface area contributed by atoms with E-state index in [0.717, 1.165) is 19.5 Å². The van der Waals surface area contributed by atoms with Crippen LogP contribution in [0.25, 0.3) is 5.32 Å². The first-order valence-electron chi connectivity index (χ1n) is 11.4. The van der Waals surface area contributed by atoms with E-state index in [1.165, 1.54) is 96.3 Å². The molecule has 0 saturated heterocycles. The van der Waals surface area contributed by atoms with Gasteiger partial charge in [-0.05, 0) is 6.42 Å². The van der Waals surface area contributed by atoms with E-state index in [-0.39, 0.29) is 0 Å². The summed E-state index contributed by atoms with van der Waals surface area (Å²) in [7, 11) is 9.78. The summed E-state index contributed by atoms with van der Waals surface area (Å²) < 4.78 is 0. The van der Waals surface area contributed by atoms with Crippen molar-refractivity contribution in [2.24, 2.45) is 0 Å². The second-order valence-corrected chi connectivity index (χ2v) is 9.64. The second-order valence-electron chi connectivity index (χ2n) is 7.06. The third kappa shape index (κ3) is 46.9. The van der Waals surface area contributed by atoms with Gasteiger partial charge in [-0.1, -0.05) is 117 Å². The normalized spacial score (nSPS) is 9.85. The Morgan fingerprint density at radius 2 is 0.852 bits per heavy atom. The minimum absolute atomic E-state index is 0.361. The van der Waals surface area contributed by atoms with E-state index in [2.05, 4.69) is 26.1 Å². The third-order valence-electron chi connectivity index (χ3n) is 4.35. The molecule has 1 N–H and O–H groups in total. The number of halogens is 2. The van der Waals surface area contributed by atoms with Crippen molar-refractivity contribution in [3.63, 3.8) is 0 Å². The van der Waals surface area contributed by atoms with E-state index < -0.39 is 17.0 Å². The molecule has 0 radical (unpaired) electrons. The van der Waals surface area contributed by atoms with Crippen LogP contribution in [0.3, 0.4) is 0 Å². The van der Waals surface area contributed by atoms with Gasteiger partial charge in [0.2, 0.25) is 0 Å². The quantitative estimate of drug-likeness (QED) is 0.160. The van der Waals surface area contributed by atoms with Crippen molar-refractivity contribution in [3.8, 4) is 0 Å². The molecule has 0 aliphatic heterocycles. The molecular formula is C22H48Cl2NOTi-. The third-order valence-corrected chi connectivity index (χ3v) is 4.35. The van der Waals surface area contributed by atoms with Crippen LogP contribution in [0.2, 0.25) is 0 Å². The Balaban J connectivity index is -0.000000476. The monoisotopic (exact) mass is 460 g/mol. The van der Waals surface area contributed by atoms with Gasteiger partial charge < -0.3 is 10.4 Å². The van der Waals surface area contributed by atoms with Crippen LogP contribution in [0, 0.1) is 0 Å². The molecular weight excluding hydrogens is 413 g/mol. The molecule has 0 saturated carbocycles. The predicted molar refractivity (Wildman–Crippen MR) is 123 cm³/mol. The molecule has 0 amide bonds. The molecule has 0 atom stereocenters. The van der Waals surface area contributed by atoms with Gasteiger partial charge in [0.15, 0.2) is 0 Å². The van der Waals surface area contributed by atoms with Crippen LogP contribution in [0.15, 0.2) is 0 Å². The molecule has 0 spiro atoms. The Labute approximate surface area is 188 Å². The Hall–Kier alpha value is 1.21. The Morgan fingerprint density at radius 1 is 0.556 bits per heavy atom. The number of unbranched alkanes of at least 4 members (excludes halogenated alkanes) is 13. The summed E-state index contributed by atoms with van der Waals surface area (Å²) >= 11 is -0.556. The molecule has 0 aliphatic carbocycles. The molecule has 27 heavy (non-hydrogen) atoms. The number of rotatable bonds is 18. The van der Waals surface area contributed by atoms with Gasteiger partial charge in [0.25, 0.3) is 0 Å². The van der Waals surface area contributed by atoms with Crippen molar-refractivity contribution in [3.05, 3.63) is 5.32 Å². The minimum atomic E-state index is -0.556. The number of nitrogens with zero attached hydrogens (tertiary/aromatic N) is 1. The van der Waals surface area contributed by atoms with Gasteiger partial charge in [-0.15, -0.1) is 13.1 Å². The number of aliphatic hydroxyl groups is 1. The second kappa shape index (κ2) is 37.9. The summed E-state index contributed by atoms with van der Waals surface area (Å²) in [5.41, 5.74) is 0. The molecule has 2 nitrogen and oxygen atoms in total. The number of aliphatic hydroxyl groups excluding tert-OH is 1. The Bertz CT molecular complexity index is 195. The van der Waals surface area contributed by atoms with Crippen LogP contribution >= 0.6 is 18.6 Å². The van der Waals surface area contributed by atoms with Gasteiger partial charge in [0.05, 0.1) is 0 Å². The van der Waals surface area contributed by atoms with Crippen LogP contribution in [-0.2, 0) is 17.0 Å². The predicted octanol–water partition coefficient (Wildman–Crippen LogP) is 9.02. The summed E-state index contributed by atoms with van der Waals surface area (Å²) in [6.07, 6.45) is 21.3. The molecule has 0 aromatic heterocycles. The van der Waals surface area contributed by atoms with Crippen molar-refractivity contribution in [2.75, 3.05) is 19.7 Å². The fourth-order valence-electron chi connectivity index (χ4n) is 2.66. The molecule has 0 heterocycles. The van der Waals surface area contributed by atoms with Crippen LogP contribution in [0.1, 0.15) is 124 Å². The fourth-order valence-corrected chi connectivity index (χ4v) is 2.66. The van der Waals surface area contributed by atoms with E-state index in [0.29, 0.717) is 6.61 Å². The molecule has 5 heteroatoms. The zero-order chi connectivity index (χ0) is 20.8. The van der Waals surface area contributed by atoms with Crippen molar-refractivity contribution in [1.82, 2.24) is 0 Å². The van der Waals surface area contributed by atoms with Gasteiger partial charge in [-0.2, -0.15) is 0 Å². The van der Waals surface area contributed by atoms with E-state index in [4.69, 9.17) is 23.7 Å². The van der Waals surface area contributed by atoms with Crippen LogP contribution in [0.5, 0.6) is 0 Å². The Morgan fingerprint density at radius 3 is 1.19 bits per heavy atom. The van der Waals surface area contributed by atoms with Gasteiger partial charge in [-0.3, -0.25) is 0 Å². The molecule has 166 valence electrons. The van der Waals surface area contributed by atoms with Gasteiger partial charge in [0, 0.05) is 6.61 Å². The summed E-state index contributed by atoms with van der Waals surface area (Å²) in [6.45, 7) is 9.30. The topological polar surface area (TPSA) is 34.3 Å². The standard InChI is InChI=1S/C16H34N.C6H14O.2ClH.Ti/c1-3-5-7-9-11-13-15-17-16-14-12-10-8-6-4-2;1-2-3-4-5-6-7;;;/h3-16H2,1-2H3;7H,2-6H2,1H3;2*1H;/q-1;;;;+2/p-2. The zero-order valence-corrected chi connectivity index (χ0v) is 21.7. The van der Waals surface area contributed by atoms with Gasteiger partial charge >= 0.3 is 35.6 Å². The van der Waals surface area contributed by atoms with Gasteiger partial charge in [0.1, 0.15) is 0 Å². The Kier molecular flexibility index (Phi) is 46.1. The van der Waals surface area contributed by atoms with Crippen molar-refractivity contribution >= 4 is 18.6 Å². The van der Waals surface area contributed by atoms with Crippen LogP contribution in [0.4, 0.5) is 0 Å². The SMILES string of the molecule is CCCCCCCC[N-]CCCCCCCC.CCCCCCO.[Cl][Ti][Cl]. The maximum absolute atomic E-state index is 8.29. The fraction of sp³-hybridized carbons (Fsp3) is 1.00. The summed E-state index contributed by atoms with van der Waals surface area (Å²) in [5, 5.41) is 12.9. The van der Waals surface area contributed by atoms with Crippen molar-refractivity contribution in [2.45, 2.75) is 124 Å². The maximum atomic E-state index is 8.29. The van der Waals surface area contributed by atoms with E-state index in [1.54, 1.807) is 0 Å². The van der Waals surface area contributed by atoms with Crippen molar-refractivity contribution in [1.29, 1.82) is 0 Å². The molecule has 0 aromatic carbocycles. The van der Waals surface area contributed by atoms with Crippen LogP contribution in [-0.4, -0.2) is 24.8 Å². The zero-order valence-electron chi connectivity index (χ0n) is 18.6. The number of hydrogen-bond acceptors (Lipinski definition) is 1. The average molecular weight is 461 g/mol. The summed E-state index contributed by atoms with van der Waals surface area (Å²) in [6, 6.07) is 0. The van der Waals surface area contributed by atoms with Crippen LogP contribution < -0.4 is 0 Å². The first-order chi connectivity index (χ1) is 13.2. The van der Waals surface area contributed by atoms with Gasteiger partial charge in [-0.25, -0.2) is 0 Å². The van der Waals surface area contributed by atoms with E-state index in [9.17, 15) is 0 Å². The average Bonchev–Trinajstić information content (AvgIpc) is 2.67. The summed E-state index contributed by atoms with van der Waals surface area (Å²) in [5.74, 6) is 0. The molecule has 0 aliphatic rings. The number of hydrogen-bond donors (Lipinski definition) is 1. The summed E-state index contributed by atoms with van der Waals surface area (Å²) in [4.78, 5) is 0. The molecule has 0 unspecified atom stereocenters. The molecule has 0 aromatic rings. The molecule has 0 rings (SSSR count).